The van der Waals surface area contributed by atoms with E-state index in [0.717, 1.165) is 27.8 Å². The lowest BCUT2D eigenvalue weighted by molar-refractivity contribution is -0.120. The molecular weight excluding hydrogens is 392 g/mol. The van der Waals surface area contributed by atoms with Gasteiger partial charge in [0.2, 0.25) is 5.91 Å². The van der Waals surface area contributed by atoms with Crippen molar-refractivity contribution in [2.24, 2.45) is 0 Å². The molecule has 0 aliphatic rings. The second-order valence-corrected chi connectivity index (χ2v) is 7.15. The van der Waals surface area contributed by atoms with Gasteiger partial charge in [-0.15, -0.1) is 0 Å². The molecule has 31 heavy (non-hydrogen) atoms. The van der Waals surface area contributed by atoms with Gasteiger partial charge in [-0.2, -0.15) is 0 Å². The van der Waals surface area contributed by atoms with E-state index in [1.165, 1.54) is 17.0 Å². The standard InChI is InChI=1S/C24H24N4O3/c1-2-31-19-9-7-17(8-10-19)22-14-24(30)28(16-27-22)12-11-25-23(29)13-18-15-26-21-6-4-3-5-20(18)21/h3-10,14-16,26H,2,11-13H2,1H3,(H,25,29). The molecule has 0 radical (unpaired) electrons. The summed E-state index contributed by atoms with van der Waals surface area (Å²) in [6.07, 6.45) is 3.66. The van der Waals surface area contributed by atoms with Crippen LogP contribution in [0.5, 0.6) is 5.75 Å². The minimum absolute atomic E-state index is 0.0863. The predicted octanol–water partition coefficient (Wildman–Crippen LogP) is 3.15. The Hall–Kier alpha value is -3.87. The fraction of sp³-hybridized carbons (Fsp3) is 0.208. The van der Waals surface area contributed by atoms with E-state index in [0.29, 0.717) is 25.4 Å². The third-order valence-corrected chi connectivity index (χ3v) is 5.04. The molecule has 7 nitrogen and oxygen atoms in total. The summed E-state index contributed by atoms with van der Waals surface area (Å²) in [5.41, 5.74) is 3.25. The fourth-order valence-corrected chi connectivity index (χ4v) is 3.47. The van der Waals surface area contributed by atoms with Crippen molar-refractivity contribution < 1.29 is 9.53 Å². The summed E-state index contributed by atoms with van der Waals surface area (Å²) in [4.78, 5) is 32.3. The number of nitrogens with zero attached hydrogens (tertiary/aromatic N) is 2. The fourth-order valence-electron chi connectivity index (χ4n) is 3.47. The zero-order chi connectivity index (χ0) is 21.6. The van der Waals surface area contributed by atoms with Crippen LogP contribution in [-0.2, 0) is 17.8 Å². The molecule has 0 unspecified atom stereocenters. The first kappa shape index (κ1) is 20.4. The summed E-state index contributed by atoms with van der Waals surface area (Å²) < 4.78 is 6.92. The quantitative estimate of drug-likeness (QED) is 0.462. The maximum Gasteiger partial charge on any atom is 0.253 e. The molecule has 0 atom stereocenters. The maximum absolute atomic E-state index is 12.4. The molecule has 0 spiro atoms. The van der Waals surface area contributed by atoms with E-state index in [-0.39, 0.29) is 17.9 Å². The summed E-state index contributed by atoms with van der Waals surface area (Å²) in [6, 6.07) is 16.8. The van der Waals surface area contributed by atoms with Crippen LogP contribution >= 0.6 is 0 Å². The van der Waals surface area contributed by atoms with Gasteiger partial charge in [0.1, 0.15) is 5.75 Å². The van der Waals surface area contributed by atoms with Crippen molar-refractivity contribution in [1.82, 2.24) is 19.9 Å². The molecule has 0 aliphatic heterocycles. The third kappa shape index (κ3) is 4.83. The highest BCUT2D eigenvalue weighted by Crippen LogP contribution is 2.20. The van der Waals surface area contributed by atoms with Crippen molar-refractivity contribution in [2.75, 3.05) is 13.2 Å². The van der Waals surface area contributed by atoms with Gasteiger partial charge in [-0.05, 0) is 42.8 Å². The molecule has 2 aromatic carbocycles. The number of hydrogen-bond acceptors (Lipinski definition) is 4. The SMILES string of the molecule is CCOc1ccc(-c2cc(=O)n(CCNC(=O)Cc3c[nH]c4ccccc34)cn2)cc1. The zero-order valence-corrected chi connectivity index (χ0v) is 17.3. The van der Waals surface area contributed by atoms with Crippen LogP contribution in [0.15, 0.2) is 71.9 Å². The van der Waals surface area contributed by atoms with Crippen LogP contribution in [0.25, 0.3) is 22.2 Å². The van der Waals surface area contributed by atoms with E-state index in [4.69, 9.17) is 4.74 Å². The van der Waals surface area contributed by atoms with Gasteiger partial charge >= 0.3 is 0 Å². The summed E-state index contributed by atoms with van der Waals surface area (Å²) in [5.74, 6) is 0.694. The Kier molecular flexibility index (Phi) is 6.12. The molecule has 1 amide bonds. The lowest BCUT2D eigenvalue weighted by Gasteiger charge is -2.09. The van der Waals surface area contributed by atoms with Crippen LogP contribution in [0.4, 0.5) is 0 Å². The van der Waals surface area contributed by atoms with Crippen molar-refractivity contribution in [3.63, 3.8) is 0 Å². The van der Waals surface area contributed by atoms with Gasteiger partial charge < -0.3 is 15.0 Å². The number of amides is 1. The van der Waals surface area contributed by atoms with Crippen molar-refractivity contribution in [3.8, 4) is 17.0 Å². The Morgan fingerprint density at radius 1 is 1.16 bits per heavy atom. The molecule has 2 aromatic heterocycles. The molecule has 4 rings (SSSR count). The number of aromatic amines is 1. The lowest BCUT2D eigenvalue weighted by Crippen LogP contribution is -2.31. The Balaban J connectivity index is 1.33. The maximum atomic E-state index is 12.4. The summed E-state index contributed by atoms with van der Waals surface area (Å²) >= 11 is 0. The molecule has 158 valence electrons. The highest BCUT2D eigenvalue weighted by atomic mass is 16.5. The first-order chi connectivity index (χ1) is 15.1. The molecule has 0 saturated carbocycles. The van der Waals surface area contributed by atoms with E-state index in [2.05, 4.69) is 15.3 Å². The molecule has 0 fully saturated rings. The van der Waals surface area contributed by atoms with Crippen LogP contribution in [0.3, 0.4) is 0 Å². The topological polar surface area (TPSA) is 89.0 Å². The highest BCUT2D eigenvalue weighted by molar-refractivity contribution is 5.88. The minimum Gasteiger partial charge on any atom is -0.494 e. The second kappa shape index (κ2) is 9.30. The van der Waals surface area contributed by atoms with Crippen LogP contribution in [0.2, 0.25) is 0 Å². The Morgan fingerprint density at radius 3 is 2.74 bits per heavy atom. The molecule has 7 heteroatoms. The number of fused-ring (bicyclic) bond motifs is 1. The van der Waals surface area contributed by atoms with Gasteiger partial charge in [-0.25, -0.2) is 4.98 Å². The Morgan fingerprint density at radius 2 is 1.97 bits per heavy atom. The monoisotopic (exact) mass is 416 g/mol. The minimum atomic E-state index is -0.162. The predicted molar refractivity (Wildman–Crippen MR) is 120 cm³/mol. The number of para-hydroxylation sites is 1. The number of nitrogens with one attached hydrogen (secondary N) is 2. The van der Waals surface area contributed by atoms with Crippen molar-refractivity contribution in [1.29, 1.82) is 0 Å². The number of carbonyl (C=O) groups is 1. The van der Waals surface area contributed by atoms with Crippen LogP contribution in [-0.4, -0.2) is 33.6 Å². The van der Waals surface area contributed by atoms with Crippen LogP contribution < -0.4 is 15.6 Å². The number of hydrogen-bond donors (Lipinski definition) is 2. The van der Waals surface area contributed by atoms with Gasteiger partial charge in [0.15, 0.2) is 0 Å². The van der Waals surface area contributed by atoms with Gasteiger partial charge in [-0.3, -0.25) is 14.2 Å². The van der Waals surface area contributed by atoms with Crippen molar-refractivity contribution in [3.05, 3.63) is 83.0 Å². The first-order valence-electron chi connectivity index (χ1n) is 10.3. The Labute approximate surface area is 179 Å². The number of ether oxygens (including phenoxy) is 1. The molecule has 0 bridgehead atoms. The van der Waals surface area contributed by atoms with Crippen molar-refractivity contribution >= 4 is 16.8 Å². The third-order valence-electron chi connectivity index (χ3n) is 5.04. The number of rotatable bonds is 8. The summed E-state index contributed by atoms with van der Waals surface area (Å²) in [7, 11) is 0. The smallest absolute Gasteiger partial charge is 0.253 e. The van der Waals surface area contributed by atoms with Gasteiger partial charge in [0, 0.05) is 41.8 Å². The van der Waals surface area contributed by atoms with E-state index in [1.807, 2.05) is 61.7 Å². The molecular formula is C24H24N4O3. The first-order valence-corrected chi connectivity index (χ1v) is 10.3. The highest BCUT2D eigenvalue weighted by Gasteiger charge is 2.09. The molecule has 0 saturated heterocycles. The lowest BCUT2D eigenvalue weighted by atomic mass is 10.1. The number of aromatic nitrogens is 3. The van der Waals surface area contributed by atoms with Crippen LogP contribution in [0, 0.1) is 0 Å². The average Bonchev–Trinajstić information content (AvgIpc) is 3.18. The molecule has 2 heterocycles. The summed E-state index contributed by atoms with van der Waals surface area (Å²) in [5, 5.41) is 3.92. The van der Waals surface area contributed by atoms with E-state index < -0.39 is 0 Å². The second-order valence-electron chi connectivity index (χ2n) is 7.15. The van der Waals surface area contributed by atoms with E-state index in [1.54, 1.807) is 0 Å². The molecule has 2 N–H and O–H groups in total. The van der Waals surface area contributed by atoms with E-state index in [9.17, 15) is 9.59 Å². The normalized spacial score (nSPS) is 10.9. The summed E-state index contributed by atoms with van der Waals surface area (Å²) in [6.45, 7) is 3.24. The number of H-pyrrole nitrogens is 1. The molecule has 0 aliphatic carbocycles. The molecule has 4 aromatic rings. The number of benzene rings is 2. The van der Waals surface area contributed by atoms with Crippen molar-refractivity contribution in [2.45, 2.75) is 19.9 Å². The average molecular weight is 416 g/mol. The van der Waals surface area contributed by atoms with Gasteiger partial charge in [-0.1, -0.05) is 18.2 Å². The largest absolute Gasteiger partial charge is 0.494 e. The Bertz CT molecular complexity index is 1240. The number of carbonyl (C=O) groups excluding carboxylic acids is 1. The van der Waals surface area contributed by atoms with Gasteiger partial charge in [0.25, 0.3) is 5.56 Å². The van der Waals surface area contributed by atoms with E-state index >= 15 is 0 Å². The van der Waals surface area contributed by atoms with Crippen LogP contribution in [0.1, 0.15) is 12.5 Å². The zero-order valence-electron chi connectivity index (χ0n) is 17.3. The van der Waals surface area contributed by atoms with Gasteiger partial charge in [0.05, 0.1) is 25.0 Å².